The van der Waals surface area contributed by atoms with Crippen LogP contribution < -0.4 is 16.0 Å². The number of carbonyl (C=O) groups excluding carboxylic acids is 2. The zero-order chi connectivity index (χ0) is 20.2. The van der Waals surface area contributed by atoms with Crippen LogP contribution in [-0.4, -0.2) is 49.1 Å². The van der Waals surface area contributed by atoms with Gasteiger partial charge in [-0.05, 0) is 37.0 Å². The number of carbonyl (C=O) groups is 2. The van der Waals surface area contributed by atoms with E-state index in [2.05, 4.69) is 16.0 Å². The van der Waals surface area contributed by atoms with Crippen molar-refractivity contribution in [2.45, 2.75) is 38.8 Å². The highest BCUT2D eigenvalue weighted by atomic mass is 35.5. The van der Waals surface area contributed by atoms with E-state index in [9.17, 15) is 23.1 Å². The molecule has 10 heteroatoms. The highest BCUT2D eigenvalue weighted by Gasteiger charge is 2.30. The van der Waals surface area contributed by atoms with Gasteiger partial charge in [0.2, 0.25) is 5.91 Å². The van der Waals surface area contributed by atoms with Crippen LogP contribution in [-0.2, 0) is 14.6 Å². The molecule has 1 unspecified atom stereocenters. The largest absolute Gasteiger partial charge is 0.506 e. The normalized spacial score (nSPS) is 19.5. The van der Waals surface area contributed by atoms with E-state index in [1.54, 1.807) is 0 Å². The number of halogens is 1. The van der Waals surface area contributed by atoms with Crippen molar-refractivity contribution in [3.05, 3.63) is 23.2 Å². The molecule has 0 aliphatic carbocycles. The smallest absolute Gasteiger partial charge is 0.315 e. The zero-order valence-electron chi connectivity index (χ0n) is 15.2. The average Bonchev–Trinajstić information content (AvgIpc) is 2.88. The van der Waals surface area contributed by atoms with Crippen LogP contribution in [0.5, 0.6) is 5.75 Å². The van der Waals surface area contributed by atoms with Gasteiger partial charge in [0.05, 0.1) is 17.2 Å². The fourth-order valence-corrected chi connectivity index (χ4v) is 4.67. The molecule has 1 fully saturated rings. The minimum atomic E-state index is -3.12. The first-order valence-corrected chi connectivity index (χ1v) is 10.8. The second-order valence-electron chi connectivity index (χ2n) is 7.05. The fourth-order valence-electron chi connectivity index (χ4n) is 2.83. The summed E-state index contributed by atoms with van der Waals surface area (Å²) in [7, 11) is -3.12. The van der Waals surface area contributed by atoms with E-state index in [-0.39, 0.29) is 28.9 Å². The van der Waals surface area contributed by atoms with Gasteiger partial charge in [0, 0.05) is 11.1 Å². The van der Waals surface area contributed by atoms with Crippen LogP contribution in [0, 0.1) is 5.92 Å². The third kappa shape index (κ3) is 6.59. The van der Waals surface area contributed by atoms with Gasteiger partial charge >= 0.3 is 6.03 Å². The number of phenols is 1. The summed E-state index contributed by atoms with van der Waals surface area (Å²) in [6.45, 7) is 3.81. The SMILES string of the molecule is CC(C)C[C@H](NC(=O)NC1CCS(=O)(=O)C1)C(=O)Nc1cc(Cl)ccc1O. The number of aromatic hydroxyl groups is 1. The molecule has 150 valence electrons. The lowest BCUT2D eigenvalue weighted by Gasteiger charge is -2.22. The topological polar surface area (TPSA) is 125 Å². The summed E-state index contributed by atoms with van der Waals surface area (Å²) in [6.07, 6.45) is 0.719. The van der Waals surface area contributed by atoms with Gasteiger partial charge < -0.3 is 21.1 Å². The van der Waals surface area contributed by atoms with Crippen molar-refractivity contribution in [3.8, 4) is 5.75 Å². The summed E-state index contributed by atoms with van der Waals surface area (Å²) < 4.78 is 23.0. The lowest BCUT2D eigenvalue weighted by Crippen LogP contribution is -2.51. The summed E-state index contributed by atoms with van der Waals surface area (Å²) in [4.78, 5) is 24.8. The number of rotatable bonds is 6. The van der Waals surface area contributed by atoms with Gasteiger partial charge in [-0.15, -0.1) is 0 Å². The van der Waals surface area contributed by atoms with Crippen molar-refractivity contribution in [3.63, 3.8) is 0 Å². The first-order chi connectivity index (χ1) is 12.6. The van der Waals surface area contributed by atoms with Crippen LogP contribution in [0.25, 0.3) is 0 Å². The summed E-state index contributed by atoms with van der Waals surface area (Å²) in [5, 5.41) is 17.9. The molecule has 0 saturated carbocycles. The molecule has 4 N–H and O–H groups in total. The minimum absolute atomic E-state index is 0.0436. The number of benzene rings is 1. The Hall–Kier alpha value is -2.00. The third-order valence-corrected chi connectivity index (χ3v) is 6.12. The van der Waals surface area contributed by atoms with E-state index in [0.29, 0.717) is 17.9 Å². The molecule has 0 radical (unpaired) electrons. The van der Waals surface area contributed by atoms with Crippen LogP contribution in [0.3, 0.4) is 0 Å². The molecule has 27 heavy (non-hydrogen) atoms. The first kappa shape index (κ1) is 21.3. The van der Waals surface area contributed by atoms with Gasteiger partial charge in [-0.2, -0.15) is 0 Å². The molecule has 1 aromatic carbocycles. The van der Waals surface area contributed by atoms with Crippen LogP contribution in [0.15, 0.2) is 18.2 Å². The van der Waals surface area contributed by atoms with Crippen LogP contribution in [0.1, 0.15) is 26.7 Å². The highest BCUT2D eigenvalue weighted by molar-refractivity contribution is 7.91. The van der Waals surface area contributed by atoms with E-state index in [1.165, 1.54) is 18.2 Å². The molecule has 2 atom stereocenters. The Kier molecular flexibility index (Phi) is 6.94. The molecule has 0 spiro atoms. The van der Waals surface area contributed by atoms with Crippen LogP contribution in [0.2, 0.25) is 5.02 Å². The molecule has 0 bridgehead atoms. The zero-order valence-corrected chi connectivity index (χ0v) is 16.7. The van der Waals surface area contributed by atoms with Gasteiger partial charge in [-0.3, -0.25) is 4.79 Å². The number of nitrogens with one attached hydrogen (secondary N) is 3. The molecule has 2 rings (SSSR count). The molecule has 1 saturated heterocycles. The lowest BCUT2D eigenvalue weighted by molar-refractivity contribution is -0.118. The quantitative estimate of drug-likeness (QED) is 0.526. The number of hydrogen-bond donors (Lipinski definition) is 4. The van der Waals surface area contributed by atoms with E-state index >= 15 is 0 Å². The van der Waals surface area contributed by atoms with E-state index in [1.807, 2.05) is 13.8 Å². The van der Waals surface area contributed by atoms with Crippen molar-refractivity contribution in [2.75, 3.05) is 16.8 Å². The molecule has 1 aliphatic rings. The molecule has 1 heterocycles. The fraction of sp³-hybridized carbons (Fsp3) is 0.529. The standard InChI is InChI=1S/C17H24ClN3O5S/c1-10(2)7-14(16(23)20-13-8-11(18)3-4-15(13)22)21-17(24)19-12-5-6-27(25,26)9-12/h3-4,8,10,12,14,22H,5-7,9H2,1-2H3,(H,20,23)(H2,19,21,24)/t12?,14-/m0/s1. The summed E-state index contributed by atoms with van der Waals surface area (Å²) >= 11 is 5.88. The second kappa shape index (κ2) is 8.79. The first-order valence-electron chi connectivity index (χ1n) is 8.62. The van der Waals surface area contributed by atoms with Crippen molar-refractivity contribution in [2.24, 2.45) is 5.92 Å². The van der Waals surface area contributed by atoms with E-state index < -0.39 is 33.9 Å². The number of amides is 3. The molecule has 3 amide bonds. The highest BCUT2D eigenvalue weighted by Crippen LogP contribution is 2.26. The predicted octanol–water partition coefficient (Wildman–Crippen LogP) is 1.89. The maximum absolute atomic E-state index is 12.6. The summed E-state index contributed by atoms with van der Waals surface area (Å²) in [5.41, 5.74) is 0.144. The second-order valence-corrected chi connectivity index (χ2v) is 9.72. The van der Waals surface area contributed by atoms with Crippen molar-refractivity contribution in [1.29, 1.82) is 0 Å². The van der Waals surface area contributed by atoms with Crippen LogP contribution >= 0.6 is 11.6 Å². The molecule has 1 aromatic rings. The Morgan fingerprint density at radius 2 is 2.04 bits per heavy atom. The van der Waals surface area contributed by atoms with Gasteiger partial charge in [0.15, 0.2) is 9.84 Å². The van der Waals surface area contributed by atoms with E-state index in [4.69, 9.17) is 11.6 Å². The van der Waals surface area contributed by atoms with Gasteiger partial charge in [0.25, 0.3) is 0 Å². The maximum atomic E-state index is 12.6. The molecular formula is C17H24ClN3O5S. The number of urea groups is 1. The maximum Gasteiger partial charge on any atom is 0.315 e. The Labute approximate surface area is 163 Å². The average molecular weight is 418 g/mol. The Morgan fingerprint density at radius 1 is 1.33 bits per heavy atom. The molecular weight excluding hydrogens is 394 g/mol. The number of phenolic OH excluding ortho intramolecular Hbond substituents is 1. The molecule has 1 aliphatic heterocycles. The Bertz CT molecular complexity index is 813. The Balaban J connectivity index is 2.02. The molecule has 0 aromatic heterocycles. The number of sulfone groups is 1. The Morgan fingerprint density at radius 3 is 2.63 bits per heavy atom. The predicted molar refractivity (Wildman–Crippen MR) is 104 cm³/mol. The monoisotopic (exact) mass is 417 g/mol. The van der Waals surface area contributed by atoms with Crippen molar-refractivity contribution < 1.29 is 23.1 Å². The van der Waals surface area contributed by atoms with Gasteiger partial charge in [-0.25, -0.2) is 13.2 Å². The summed E-state index contributed by atoms with van der Waals surface area (Å²) in [5.74, 6) is -0.590. The third-order valence-electron chi connectivity index (χ3n) is 4.11. The van der Waals surface area contributed by atoms with Gasteiger partial charge in [0.1, 0.15) is 11.8 Å². The minimum Gasteiger partial charge on any atom is -0.506 e. The van der Waals surface area contributed by atoms with Gasteiger partial charge in [-0.1, -0.05) is 25.4 Å². The molecule has 8 nitrogen and oxygen atoms in total. The lowest BCUT2D eigenvalue weighted by atomic mass is 10.0. The van der Waals surface area contributed by atoms with Crippen molar-refractivity contribution >= 4 is 39.1 Å². The van der Waals surface area contributed by atoms with E-state index in [0.717, 1.165) is 0 Å². The van der Waals surface area contributed by atoms with Crippen LogP contribution in [0.4, 0.5) is 10.5 Å². The van der Waals surface area contributed by atoms with Crippen molar-refractivity contribution in [1.82, 2.24) is 10.6 Å². The number of hydrogen-bond acceptors (Lipinski definition) is 5. The number of anilines is 1. The summed E-state index contributed by atoms with van der Waals surface area (Å²) in [6, 6.07) is 2.32.